The average Bonchev–Trinajstić information content (AvgIpc) is 2.67. The monoisotopic (exact) mass is 406 g/mol. The molecule has 0 heterocycles. The summed E-state index contributed by atoms with van der Waals surface area (Å²) < 4.78 is 77.3. The fourth-order valence-electron chi connectivity index (χ4n) is 2.81. The van der Waals surface area contributed by atoms with Crippen molar-refractivity contribution in [3.05, 3.63) is 88.3 Å². The molecule has 1 radical (unpaired) electrons. The van der Waals surface area contributed by atoms with E-state index in [-0.39, 0.29) is 11.3 Å². The summed E-state index contributed by atoms with van der Waals surface area (Å²) in [5, 5.41) is 3.36. The van der Waals surface area contributed by atoms with Crippen LogP contribution in [-0.2, 0) is 12.4 Å². The lowest BCUT2D eigenvalue weighted by Crippen LogP contribution is -2.04. The number of hydrogen-bond donors (Lipinski definition) is 0. The van der Waals surface area contributed by atoms with Crippen LogP contribution in [0.25, 0.3) is 32.7 Å². The van der Waals surface area contributed by atoms with Gasteiger partial charge in [0.05, 0.1) is 11.1 Å². The summed E-state index contributed by atoms with van der Waals surface area (Å²) in [6.07, 6.45) is -9.12. The molecule has 0 atom stereocenters. The first-order chi connectivity index (χ1) is 13.6. The lowest BCUT2D eigenvalue weighted by atomic mass is 9.92. The number of hydrogen-bond acceptors (Lipinski definition) is 1. The van der Waals surface area contributed by atoms with Crippen LogP contribution in [0.2, 0.25) is 0 Å². The van der Waals surface area contributed by atoms with Crippen molar-refractivity contribution >= 4 is 5.69 Å². The SMILES string of the molecule is [N-]=[N+]=Nc1cc(C(F)(F)F)ccc1-c1cc[c]cc1-c1ccc(C(F)(F)F)cc1. The first kappa shape index (κ1) is 20.3. The van der Waals surface area contributed by atoms with Gasteiger partial charge in [0.25, 0.3) is 0 Å². The molecule has 0 aromatic heterocycles. The van der Waals surface area contributed by atoms with Crippen molar-refractivity contribution in [1.29, 1.82) is 0 Å². The van der Waals surface area contributed by atoms with Crippen molar-refractivity contribution < 1.29 is 26.3 Å². The number of rotatable bonds is 3. The molecule has 0 bridgehead atoms. The molecule has 0 saturated heterocycles. The van der Waals surface area contributed by atoms with E-state index in [0.717, 1.165) is 30.3 Å². The Morgan fingerprint density at radius 2 is 1.38 bits per heavy atom. The van der Waals surface area contributed by atoms with Gasteiger partial charge >= 0.3 is 12.4 Å². The molecule has 9 heteroatoms. The zero-order valence-electron chi connectivity index (χ0n) is 14.4. The average molecular weight is 406 g/mol. The first-order valence-corrected chi connectivity index (χ1v) is 8.05. The fourth-order valence-corrected chi connectivity index (χ4v) is 2.81. The first-order valence-electron chi connectivity index (χ1n) is 8.05. The van der Waals surface area contributed by atoms with Crippen molar-refractivity contribution in [3.63, 3.8) is 0 Å². The molecule has 0 unspecified atom stereocenters. The topological polar surface area (TPSA) is 48.8 Å². The van der Waals surface area contributed by atoms with E-state index in [1.807, 2.05) is 0 Å². The molecule has 0 aliphatic rings. The van der Waals surface area contributed by atoms with Gasteiger partial charge in [-0.05, 0) is 64.2 Å². The molecule has 3 aromatic carbocycles. The lowest BCUT2D eigenvalue weighted by Gasteiger charge is -2.15. The largest absolute Gasteiger partial charge is 0.416 e. The van der Waals surface area contributed by atoms with Gasteiger partial charge in [0, 0.05) is 10.6 Å². The molecule has 0 N–H and O–H groups in total. The van der Waals surface area contributed by atoms with Crippen LogP contribution in [-0.4, -0.2) is 0 Å². The zero-order chi connectivity index (χ0) is 21.2. The fraction of sp³-hybridized carbons (Fsp3) is 0.100. The standard InChI is InChI=1S/C20H10F6N3/c21-19(22,23)13-7-5-12(6-8-13)15-3-1-2-4-16(15)17-10-9-14(20(24,25)26)11-18(17)28-29-27/h2-11H. The minimum Gasteiger partial charge on any atom is -0.166 e. The van der Waals surface area contributed by atoms with Crippen LogP contribution in [0.3, 0.4) is 0 Å². The van der Waals surface area contributed by atoms with Gasteiger partial charge in [-0.25, -0.2) is 0 Å². The minimum absolute atomic E-state index is 0.208. The van der Waals surface area contributed by atoms with Gasteiger partial charge in [-0.3, -0.25) is 0 Å². The molecule has 3 rings (SSSR count). The molecule has 0 amide bonds. The van der Waals surface area contributed by atoms with E-state index in [1.165, 1.54) is 30.3 Å². The Kier molecular flexibility index (Phi) is 5.26. The third kappa shape index (κ3) is 4.35. The zero-order valence-corrected chi connectivity index (χ0v) is 14.4. The van der Waals surface area contributed by atoms with Crippen LogP contribution >= 0.6 is 0 Å². The summed E-state index contributed by atoms with van der Waals surface area (Å²) in [6.45, 7) is 0. The molecule has 0 spiro atoms. The van der Waals surface area contributed by atoms with Gasteiger partial charge < -0.3 is 0 Å². The molecule has 29 heavy (non-hydrogen) atoms. The highest BCUT2D eigenvalue weighted by Crippen LogP contribution is 2.41. The summed E-state index contributed by atoms with van der Waals surface area (Å²) in [5.74, 6) is 0. The predicted octanol–water partition coefficient (Wildman–Crippen LogP) is 7.80. The molecule has 3 nitrogen and oxygen atoms in total. The third-order valence-electron chi connectivity index (χ3n) is 4.15. The molecule has 0 aliphatic heterocycles. The predicted molar refractivity (Wildman–Crippen MR) is 95.0 cm³/mol. The second kappa shape index (κ2) is 7.52. The maximum atomic E-state index is 13.0. The van der Waals surface area contributed by atoms with Crippen molar-refractivity contribution in [3.8, 4) is 22.3 Å². The van der Waals surface area contributed by atoms with Gasteiger partial charge in [0.15, 0.2) is 0 Å². The second-order valence-corrected chi connectivity index (χ2v) is 5.97. The van der Waals surface area contributed by atoms with Crippen LogP contribution in [0.5, 0.6) is 0 Å². The normalized spacial score (nSPS) is 11.8. The van der Waals surface area contributed by atoms with E-state index in [9.17, 15) is 26.3 Å². The molecule has 0 fully saturated rings. The van der Waals surface area contributed by atoms with Crippen LogP contribution in [0.15, 0.2) is 65.8 Å². The van der Waals surface area contributed by atoms with E-state index in [0.29, 0.717) is 16.7 Å². The van der Waals surface area contributed by atoms with Crippen molar-refractivity contribution in [2.24, 2.45) is 5.11 Å². The number of azide groups is 1. The summed E-state index contributed by atoms with van der Waals surface area (Å²) in [6, 6.07) is 14.4. The van der Waals surface area contributed by atoms with Crippen molar-refractivity contribution in [2.45, 2.75) is 12.4 Å². The Morgan fingerprint density at radius 3 is 1.97 bits per heavy atom. The van der Waals surface area contributed by atoms with E-state index in [2.05, 4.69) is 16.1 Å². The summed E-state index contributed by atoms with van der Waals surface area (Å²) >= 11 is 0. The summed E-state index contributed by atoms with van der Waals surface area (Å²) in [5.41, 5.74) is 8.11. The van der Waals surface area contributed by atoms with E-state index in [4.69, 9.17) is 5.53 Å². The lowest BCUT2D eigenvalue weighted by molar-refractivity contribution is -0.138. The highest BCUT2D eigenvalue weighted by atomic mass is 19.4. The Labute approximate surface area is 160 Å². The number of benzene rings is 3. The molecular formula is C20H10F6N3. The Hall–Kier alpha value is -3.45. The van der Waals surface area contributed by atoms with Crippen LogP contribution < -0.4 is 0 Å². The maximum Gasteiger partial charge on any atom is 0.416 e. The minimum atomic E-state index is -4.63. The quantitative estimate of drug-likeness (QED) is 0.184. The molecular weight excluding hydrogens is 396 g/mol. The molecule has 0 saturated carbocycles. The third-order valence-corrected chi connectivity index (χ3v) is 4.15. The van der Waals surface area contributed by atoms with Crippen LogP contribution in [0, 0.1) is 6.07 Å². The number of halogens is 6. The van der Waals surface area contributed by atoms with E-state index >= 15 is 0 Å². The van der Waals surface area contributed by atoms with Crippen molar-refractivity contribution in [1.82, 2.24) is 0 Å². The van der Waals surface area contributed by atoms with Crippen molar-refractivity contribution in [2.75, 3.05) is 0 Å². The number of nitrogens with zero attached hydrogens (tertiary/aromatic N) is 3. The Morgan fingerprint density at radius 1 is 0.759 bits per heavy atom. The Bertz CT molecular complexity index is 1080. The Balaban J connectivity index is 2.16. The molecule has 147 valence electrons. The van der Waals surface area contributed by atoms with E-state index in [1.54, 1.807) is 0 Å². The molecule has 0 aliphatic carbocycles. The van der Waals surface area contributed by atoms with E-state index < -0.39 is 23.5 Å². The maximum absolute atomic E-state index is 13.0. The summed E-state index contributed by atoms with van der Waals surface area (Å²) in [7, 11) is 0. The smallest absolute Gasteiger partial charge is 0.166 e. The van der Waals surface area contributed by atoms with Gasteiger partial charge in [-0.2, -0.15) is 26.3 Å². The van der Waals surface area contributed by atoms with Gasteiger partial charge in [0.1, 0.15) is 0 Å². The van der Waals surface area contributed by atoms with Crippen LogP contribution in [0.1, 0.15) is 11.1 Å². The highest BCUT2D eigenvalue weighted by molar-refractivity contribution is 5.88. The number of alkyl halides is 6. The van der Waals surface area contributed by atoms with Gasteiger partial charge in [-0.15, -0.1) is 0 Å². The molecule has 3 aromatic rings. The highest BCUT2D eigenvalue weighted by Gasteiger charge is 2.31. The second-order valence-electron chi connectivity index (χ2n) is 5.97. The summed E-state index contributed by atoms with van der Waals surface area (Å²) in [4.78, 5) is 2.58. The van der Waals surface area contributed by atoms with Crippen LogP contribution in [0.4, 0.5) is 32.0 Å². The van der Waals surface area contributed by atoms with Gasteiger partial charge in [-0.1, -0.05) is 35.4 Å². The van der Waals surface area contributed by atoms with Gasteiger partial charge in [0.2, 0.25) is 0 Å².